The molecule has 0 saturated heterocycles. The number of hydrogen-bond donors (Lipinski definition) is 0. The Hall–Kier alpha value is -4.31. The van der Waals surface area contributed by atoms with Crippen LogP contribution in [0.15, 0.2) is 122 Å². The van der Waals surface area contributed by atoms with Crippen LogP contribution in [0, 0.1) is 17.9 Å². The first-order valence-electron chi connectivity index (χ1n) is 11.9. The van der Waals surface area contributed by atoms with Crippen molar-refractivity contribution in [3.63, 3.8) is 0 Å². The van der Waals surface area contributed by atoms with E-state index in [9.17, 15) is 4.39 Å². The van der Waals surface area contributed by atoms with Gasteiger partial charge in [-0.1, -0.05) is 36.4 Å². The summed E-state index contributed by atoms with van der Waals surface area (Å²) in [5.41, 5.74) is 3.71. The molecule has 0 aliphatic heterocycles. The second-order valence-electron chi connectivity index (χ2n) is 8.50. The Kier molecular flexibility index (Phi) is 7.60. The van der Waals surface area contributed by atoms with Crippen LogP contribution in [0.4, 0.5) is 4.39 Å². The van der Waals surface area contributed by atoms with Crippen molar-refractivity contribution in [1.82, 2.24) is 15.0 Å². The van der Waals surface area contributed by atoms with E-state index in [1.807, 2.05) is 85.1 Å². The van der Waals surface area contributed by atoms with Crippen LogP contribution in [0.2, 0.25) is 0 Å². The molecule has 5 heteroatoms. The Balaban J connectivity index is 0.000000156. The van der Waals surface area contributed by atoms with E-state index < -0.39 is 0 Å². The normalized spacial score (nSPS) is 10.6. The Morgan fingerprint density at radius 3 is 2.13 bits per heavy atom. The summed E-state index contributed by atoms with van der Waals surface area (Å²) >= 11 is 0. The number of fused-ring (bicyclic) bond motifs is 4. The molecule has 0 N–H and O–H groups in total. The average Bonchev–Trinajstić information content (AvgIpc) is 2.97. The van der Waals surface area contributed by atoms with Crippen LogP contribution in [-0.2, 0) is 20.1 Å². The van der Waals surface area contributed by atoms with Crippen molar-refractivity contribution in [2.24, 2.45) is 0 Å². The van der Waals surface area contributed by atoms with Gasteiger partial charge >= 0.3 is 0 Å². The van der Waals surface area contributed by atoms with Gasteiger partial charge in [0, 0.05) is 43.3 Å². The summed E-state index contributed by atoms with van der Waals surface area (Å²) in [7, 11) is 0. The maximum atomic E-state index is 13.3. The standard InChI is InChI=1S/C18H10FN2.C15H10N.Ir/c19-15-8-9-16-13(10-15)6-7-14-11-20-18(21-17(14)16)12-4-2-1-3-5-12;1-2-7-13(8-3-1)15-14-9-5-4-6-12(14)10-11-16-15;/h1-4,6-11H;1-7,9-11H;/q2*-1;. The van der Waals surface area contributed by atoms with Crippen molar-refractivity contribution < 1.29 is 24.5 Å². The van der Waals surface area contributed by atoms with Crippen molar-refractivity contribution in [1.29, 1.82) is 0 Å². The molecule has 5 aromatic carbocycles. The van der Waals surface area contributed by atoms with Crippen LogP contribution >= 0.6 is 0 Å². The SMILES string of the molecule is Fc1ccc2c(ccc3cnc(-c4[c-]cccc4)nc32)c1.[Ir].[c-]1ccccc1-c1nccc2ccccc12. The molecule has 1 radical (unpaired) electrons. The first kappa shape index (κ1) is 25.3. The molecule has 7 rings (SSSR count). The van der Waals surface area contributed by atoms with Crippen molar-refractivity contribution in [3.8, 4) is 22.6 Å². The van der Waals surface area contributed by atoms with Gasteiger partial charge in [-0.3, -0.25) is 9.97 Å². The van der Waals surface area contributed by atoms with Crippen molar-refractivity contribution >= 4 is 32.4 Å². The maximum Gasteiger partial charge on any atom is 0.123 e. The third kappa shape index (κ3) is 5.21. The van der Waals surface area contributed by atoms with Crippen molar-refractivity contribution in [3.05, 3.63) is 140 Å². The molecular weight excluding hydrogens is 650 g/mol. The molecule has 0 atom stereocenters. The van der Waals surface area contributed by atoms with Crippen molar-refractivity contribution in [2.75, 3.05) is 0 Å². The van der Waals surface area contributed by atoms with Gasteiger partial charge < -0.3 is 4.98 Å². The number of halogens is 1. The van der Waals surface area contributed by atoms with Gasteiger partial charge in [0.15, 0.2) is 0 Å². The fourth-order valence-corrected chi connectivity index (χ4v) is 4.33. The molecule has 2 aromatic heterocycles. The molecule has 2 heterocycles. The second kappa shape index (κ2) is 11.4. The van der Waals surface area contributed by atoms with E-state index in [4.69, 9.17) is 0 Å². The van der Waals surface area contributed by atoms with Gasteiger partial charge in [0.1, 0.15) is 5.82 Å². The zero-order chi connectivity index (χ0) is 25.0. The quantitative estimate of drug-likeness (QED) is 0.138. The molecule has 0 bridgehead atoms. The fraction of sp³-hybridized carbons (Fsp3) is 0. The summed E-state index contributed by atoms with van der Waals surface area (Å²) in [5, 5.41) is 5.09. The molecule has 0 aliphatic rings. The monoisotopic (exact) mass is 670 g/mol. The number of aromatic nitrogens is 3. The van der Waals surface area contributed by atoms with Gasteiger partial charge in [0.25, 0.3) is 0 Å². The van der Waals surface area contributed by atoms with E-state index in [1.165, 1.54) is 22.9 Å². The van der Waals surface area contributed by atoms with Gasteiger partial charge in [0.2, 0.25) is 0 Å². The summed E-state index contributed by atoms with van der Waals surface area (Å²) < 4.78 is 13.3. The molecule has 0 spiro atoms. The van der Waals surface area contributed by atoms with Crippen LogP contribution in [0.1, 0.15) is 0 Å². The zero-order valence-electron chi connectivity index (χ0n) is 20.1. The largest absolute Gasteiger partial charge is 0.304 e. The van der Waals surface area contributed by atoms with Gasteiger partial charge in [-0.05, 0) is 46.1 Å². The first-order valence-corrected chi connectivity index (χ1v) is 11.9. The van der Waals surface area contributed by atoms with Crippen LogP contribution in [0.5, 0.6) is 0 Å². The predicted octanol–water partition coefficient (Wildman–Crippen LogP) is 8.09. The first-order chi connectivity index (χ1) is 18.3. The molecule has 0 amide bonds. The minimum atomic E-state index is -0.243. The second-order valence-corrected chi connectivity index (χ2v) is 8.50. The predicted molar refractivity (Wildman–Crippen MR) is 147 cm³/mol. The van der Waals surface area contributed by atoms with E-state index in [2.05, 4.69) is 39.2 Å². The maximum absolute atomic E-state index is 13.3. The summed E-state index contributed by atoms with van der Waals surface area (Å²) in [4.78, 5) is 13.5. The summed E-state index contributed by atoms with van der Waals surface area (Å²) in [6, 6.07) is 40.7. The Morgan fingerprint density at radius 1 is 0.605 bits per heavy atom. The van der Waals surface area contributed by atoms with Crippen LogP contribution in [-0.4, -0.2) is 15.0 Å². The number of pyridine rings is 1. The van der Waals surface area contributed by atoms with Gasteiger partial charge in [-0.15, -0.1) is 71.8 Å². The van der Waals surface area contributed by atoms with Crippen LogP contribution in [0.3, 0.4) is 0 Å². The molecule has 0 unspecified atom stereocenters. The van der Waals surface area contributed by atoms with E-state index >= 15 is 0 Å². The Labute approximate surface area is 233 Å². The number of hydrogen-bond acceptors (Lipinski definition) is 3. The molecular formula is C33H20FIrN3-2. The molecule has 0 saturated carbocycles. The van der Waals surface area contributed by atoms with Crippen LogP contribution in [0.25, 0.3) is 55.1 Å². The van der Waals surface area contributed by atoms with Crippen molar-refractivity contribution in [2.45, 2.75) is 0 Å². The molecule has 185 valence electrons. The fourth-order valence-electron chi connectivity index (χ4n) is 4.33. The zero-order valence-corrected chi connectivity index (χ0v) is 22.5. The summed E-state index contributed by atoms with van der Waals surface area (Å²) in [5.74, 6) is 0.382. The summed E-state index contributed by atoms with van der Waals surface area (Å²) in [6.07, 6.45) is 3.64. The molecule has 3 nitrogen and oxygen atoms in total. The number of nitrogens with zero attached hydrogens (tertiary/aromatic N) is 3. The summed E-state index contributed by atoms with van der Waals surface area (Å²) in [6.45, 7) is 0. The molecule has 38 heavy (non-hydrogen) atoms. The smallest absolute Gasteiger partial charge is 0.123 e. The van der Waals surface area contributed by atoms with Gasteiger partial charge in [0.05, 0.1) is 11.3 Å². The number of benzene rings is 5. The Bertz CT molecular complexity index is 1840. The molecule has 0 aliphatic carbocycles. The van der Waals surface area contributed by atoms with Gasteiger partial charge in [-0.25, -0.2) is 4.39 Å². The average molecular weight is 670 g/mol. The van der Waals surface area contributed by atoms with Gasteiger partial charge in [-0.2, -0.15) is 0 Å². The van der Waals surface area contributed by atoms with E-state index in [0.717, 1.165) is 38.5 Å². The van der Waals surface area contributed by atoms with E-state index in [1.54, 1.807) is 12.3 Å². The minimum Gasteiger partial charge on any atom is -0.304 e. The molecule has 0 fully saturated rings. The Morgan fingerprint density at radius 2 is 1.34 bits per heavy atom. The third-order valence-electron chi connectivity index (χ3n) is 6.12. The van der Waals surface area contributed by atoms with Crippen LogP contribution < -0.4 is 0 Å². The molecule has 7 aromatic rings. The van der Waals surface area contributed by atoms with E-state index in [0.29, 0.717) is 5.82 Å². The minimum absolute atomic E-state index is 0. The number of rotatable bonds is 2. The third-order valence-corrected chi connectivity index (χ3v) is 6.12. The van der Waals surface area contributed by atoms with E-state index in [-0.39, 0.29) is 25.9 Å². The topological polar surface area (TPSA) is 38.7 Å².